The van der Waals surface area contributed by atoms with Crippen LogP contribution in [0.3, 0.4) is 0 Å². The Labute approximate surface area is 93.4 Å². The van der Waals surface area contributed by atoms with Gasteiger partial charge in [0.25, 0.3) is 0 Å². The second-order valence-electron chi connectivity index (χ2n) is 3.81. The van der Waals surface area contributed by atoms with E-state index in [1.165, 1.54) is 0 Å². The highest BCUT2D eigenvalue weighted by Gasteiger charge is 2.24. The molecule has 0 fully saturated rings. The van der Waals surface area contributed by atoms with E-state index in [4.69, 9.17) is 23.1 Å². The maximum absolute atomic E-state index is 10.9. The Kier molecular flexibility index (Phi) is 3.71. The summed E-state index contributed by atoms with van der Waals surface area (Å²) in [5, 5.41) is 4.61. The van der Waals surface area contributed by atoms with E-state index >= 15 is 0 Å². The number of carbonyl (C=O) groups excluding carboxylic acids is 1. The minimum absolute atomic E-state index is 0.485. The molecule has 0 aliphatic rings. The molecule has 0 bridgehead atoms. The van der Waals surface area contributed by atoms with Gasteiger partial charge >= 0.3 is 0 Å². The average Bonchev–Trinajstić information content (AvgIpc) is 2.51. The Morgan fingerprint density at radius 1 is 1.73 bits per heavy atom. The molecule has 1 aromatic heterocycles. The molecule has 1 atom stereocenters. The molecule has 0 aliphatic heterocycles. The van der Waals surface area contributed by atoms with Gasteiger partial charge in [0.15, 0.2) is 0 Å². The predicted octanol–water partition coefficient (Wildman–Crippen LogP) is 0.519. The third kappa shape index (κ3) is 3.53. The van der Waals surface area contributed by atoms with Crippen LogP contribution in [-0.2, 0) is 11.3 Å². The van der Waals surface area contributed by atoms with Crippen LogP contribution in [0.5, 0.6) is 0 Å². The third-order valence-electron chi connectivity index (χ3n) is 2.25. The molecule has 1 aromatic rings. The summed E-state index contributed by atoms with van der Waals surface area (Å²) >= 11 is 5.70. The zero-order valence-corrected chi connectivity index (χ0v) is 9.37. The normalized spacial score (nSPS) is 14.9. The summed E-state index contributed by atoms with van der Waals surface area (Å²) in [4.78, 5) is 10.9. The molecule has 5 nitrogen and oxygen atoms in total. The first-order valence-corrected chi connectivity index (χ1v) is 5.06. The molecule has 1 rings (SSSR count). The maximum atomic E-state index is 10.9. The van der Waals surface area contributed by atoms with Crippen LogP contribution in [0.25, 0.3) is 0 Å². The standard InChI is InChI=1S/C9H15ClN4O/c1-9(12,8(11)15)3-2-4-14-6-7(10)5-13-14/h5-6H,2-4,12H2,1H3,(H2,11,15). The van der Waals surface area contributed by atoms with Crippen molar-refractivity contribution in [2.75, 3.05) is 0 Å². The molecule has 6 heteroatoms. The smallest absolute Gasteiger partial charge is 0.237 e. The number of aromatic nitrogens is 2. The van der Waals surface area contributed by atoms with Crippen molar-refractivity contribution in [1.82, 2.24) is 9.78 Å². The molecule has 0 saturated carbocycles. The molecule has 84 valence electrons. The highest BCUT2D eigenvalue weighted by molar-refractivity contribution is 6.30. The lowest BCUT2D eigenvalue weighted by Crippen LogP contribution is -2.49. The second kappa shape index (κ2) is 4.63. The third-order valence-corrected chi connectivity index (χ3v) is 2.44. The van der Waals surface area contributed by atoms with Crippen LogP contribution in [-0.4, -0.2) is 21.2 Å². The fourth-order valence-corrected chi connectivity index (χ4v) is 1.35. The first-order valence-electron chi connectivity index (χ1n) is 4.68. The number of hydrogen-bond donors (Lipinski definition) is 2. The quantitative estimate of drug-likeness (QED) is 0.773. The van der Waals surface area contributed by atoms with Gasteiger partial charge in [-0.05, 0) is 19.8 Å². The van der Waals surface area contributed by atoms with Gasteiger partial charge in [0, 0.05) is 12.7 Å². The van der Waals surface area contributed by atoms with Crippen LogP contribution < -0.4 is 11.5 Å². The molecule has 1 amide bonds. The summed E-state index contributed by atoms with van der Waals surface area (Å²) in [5.74, 6) is -0.485. The van der Waals surface area contributed by atoms with Crippen LogP contribution in [0.15, 0.2) is 12.4 Å². The van der Waals surface area contributed by atoms with Gasteiger partial charge in [-0.15, -0.1) is 0 Å². The van der Waals surface area contributed by atoms with E-state index in [0.29, 0.717) is 18.0 Å². The summed E-state index contributed by atoms with van der Waals surface area (Å²) in [6.07, 6.45) is 4.55. The Hall–Kier alpha value is -1.07. The van der Waals surface area contributed by atoms with Crippen molar-refractivity contribution < 1.29 is 4.79 Å². The average molecular weight is 231 g/mol. The summed E-state index contributed by atoms with van der Waals surface area (Å²) in [6.45, 7) is 2.30. The van der Waals surface area contributed by atoms with Crippen molar-refractivity contribution in [2.24, 2.45) is 11.5 Å². The largest absolute Gasteiger partial charge is 0.368 e. The number of nitrogens with two attached hydrogens (primary N) is 2. The van der Waals surface area contributed by atoms with Gasteiger partial charge in [0.05, 0.1) is 16.8 Å². The minimum atomic E-state index is -0.947. The molecule has 0 aliphatic carbocycles. The lowest BCUT2D eigenvalue weighted by molar-refractivity contribution is -0.122. The van der Waals surface area contributed by atoms with Gasteiger partial charge in [0.1, 0.15) is 0 Å². The van der Waals surface area contributed by atoms with Crippen molar-refractivity contribution in [3.05, 3.63) is 17.4 Å². The van der Waals surface area contributed by atoms with Gasteiger partial charge in [-0.1, -0.05) is 11.6 Å². The summed E-state index contributed by atoms with van der Waals surface area (Å²) in [6, 6.07) is 0. The Bertz CT molecular complexity index is 348. The van der Waals surface area contributed by atoms with Gasteiger partial charge in [-0.2, -0.15) is 5.10 Å². The van der Waals surface area contributed by atoms with Crippen LogP contribution in [0.4, 0.5) is 0 Å². The van der Waals surface area contributed by atoms with Crippen LogP contribution in [0.2, 0.25) is 5.02 Å². The topological polar surface area (TPSA) is 86.9 Å². The Balaban J connectivity index is 2.36. The number of rotatable bonds is 5. The van der Waals surface area contributed by atoms with Crippen molar-refractivity contribution in [3.63, 3.8) is 0 Å². The number of primary amides is 1. The number of hydrogen-bond acceptors (Lipinski definition) is 3. The van der Waals surface area contributed by atoms with E-state index in [0.717, 1.165) is 6.42 Å². The molecule has 0 spiro atoms. The predicted molar refractivity (Wildman–Crippen MR) is 58.3 cm³/mol. The van der Waals surface area contributed by atoms with Crippen LogP contribution in [0, 0.1) is 0 Å². The molecule has 15 heavy (non-hydrogen) atoms. The van der Waals surface area contributed by atoms with Crippen molar-refractivity contribution in [1.29, 1.82) is 0 Å². The Morgan fingerprint density at radius 3 is 2.87 bits per heavy atom. The van der Waals surface area contributed by atoms with Crippen molar-refractivity contribution >= 4 is 17.5 Å². The zero-order chi connectivity index (χ0) is 11.5. The fourth-order valence-electron chi connectivity index (χ4n) is 1.19. The summed E-state index contributed by atoms with van der Waals surface area (Å²) in [7, 11) is 0. The molecule has 1 heterocycles. The minimum Gasteiger partial charge on any atom is -0.368 e. The van der Waals surface area contributed by atoms with E-state index in [1.807, 2.05) is 0 Å². The van der Waals surface area contributed by atoms with E-state index < -0.39 is 11.4 Å². The molecule has 0 aromatic carbocycles. The van der Waals surface area contributed by atoms with E-state index in [1.54, 1.807) is 24.0 Å². The number of nitrogens with zero attached hydrogens (tertiary/aromatic N) is 2. The second-order valence-corrected chi connectivity index (χ2v) is 4.24. The highest BCUT2D eigenvalue weighted by atomic mass is 35.5. The Morgan fingerprint density at radius 2 is 2.40 bits per heavy atom. The van der Waals surface area contributed by atoms with Gasteiger partial charge in [-0.25, -0.2) is 0 Å². The van der Waals surface area contributed by atoms with Crippen molar-refractivity contribution in [3.8, 4) is 0 Å². The van der Waals surface area contributed by atoms with Crippen LogP contribution in [0.1, 0.15) is 19.8 Å². The molecular formula is C9H15ClN4O. The first-order chi connectivity index (χ1) is 6.92. The molecule has 0 saturated heterocycles. The SMILES string of the molecule is CC(N)(CCCn1cc(Cl)cn1)C(N)=O. The zero-order valence-electron chi connectivity index (χ0n) is 8.61. The lowest BCUT2D eigenvalue weighted by atomic mass is 9.96. The monoisotopic (exact) mass is 230 g/mol. The number of amides is 1. The number of carbonyl (C=O) groups is 1. The van der Waals surface area contributed by atoms with Gasteiger partial charge in [0.2, 0.25) is 5.91 Å². The van der Waals surface area contributed by atoms with Gasteiger partial charge in [-0.3, -0.25) is 9.48 Å². The van der Waals surface area contributed by atoms with E-state index in [9.17, 15) is 4.79 Å². The van der Waals surface area contributed by atoms with E-state index in [2.05, 4.69) is 5.10 Å². The molecule has 0 radical (unpaired) electrons. The number of halogens is 1. The maximum Gasteiger partial charge on any atom is 0.237 e. The fraction of sp³-hybridized carbons (Fsp3) is 0.556. The van der Waals surface area contributed by atoms with E-state index in [-0.39, 0.29) is 0 Å². The first kappa shape index (κ1) is 12.0. The highest BCUT2D eigenvalue weighted by Crippen LogP contribution is 2.10. The van der Waals surface area contributed by atoms with Gasteiger partial charge < -0.3 is 11.5 Å². The van der Waals surface area contributed by atoms with Crippen LogP contribution >= 0.6 is 11.6 Å². The van der Waals surface area contributed by atoms with Crippen molar-refractivity contribution in [2.45, 2.75) is 31.8 Å². The molecule has 1 unspecified atom stereocenters. The lowest BCUT2D eigenvalue weighted by Gasteiger charge is -2.19. The molecule has 4 N–H and O–H groups in total. The summed E-state index contributed by atoms with van der Waals surface area (Å²) in [5.41, 5.74) is 9.90. The number of aryl methyl sites for hydroxylation is 1. The molecular weight excluding hydrogens is 216 g/mol. The summed E-state index contributed by atoms with van der Waals surface area (Å²) < 4.78 is 1.71.